The minimum atomic E-state index is 0.527. The Hall–Kier alpha value is -2.10. The summed E-state index contributed by atoms with van der Waals surface area (Å²) in [5.74, 6) is 2.15. The molecule has 0 saturated heterocycles. The second-order valence-electron chi connectivity index (χ2n) is 5.39. The van der Waals surface area contributed by atoms with Crippen LogP contribution >= 0.6 is 0 Å². The van der Waals surface area contributed by atoms with Crippen LogP contribution in [-0.2, 0) is 0 Å². The Morgan fingerprint density at radius 2 is 1.80 bits per heavy atom. The van der Waals surface area contributed by atoms with E-state index in [-0.39, 0.29) is 0 Å². The Bertz CT molecular complexity index is 576. The number of nitrogens with zero attached hydrogens (tertiary/aromatic N) is 3. The highest BCUT2D eigenvalue weighted by molar-refractivity contribution is 5.60. The molecule has 1 aromatic carbocycles. The second kappa shape index (κ2) is 5.49. The molecular weight excluding hydrogens is 248 g/mol. The molecule has 1 saturated carbocycles. The average molecular weight is 268 g/mol. The van der Waals surface area contributed by atoms with Gasteiger partial charge in [0.05, 0.1) is 0 Å². The molecule has 0 unspecified atom stereocenters. The van der Waals surface area contributed by atoms with Gasteiger partial charge in [0.1, 0.15) is 11.6 Å². The molecule has 0 aliphatic heterocycles. The molecule has 0 amide bonds. The minimum Gasteiger partial charge on any atom is -0.384 e. The molecule has 0 bridgehead atoms. The maximum absolute atomic E-state index is 5.96. The van der Waals surface area contributed by atoms with Gasteiger partial charge in [0.25, 0.3) is 0 Å². The summed E-state index contributed by atoms with van der Waals surface area (Å²) in [6, 6.07) is 12.4. The van der Waals surface area contributed by atoms with Gasteiger partial charge in [0.2, 0.25) is 0 Å². The van der Waals surface area contributed by atoms with E-state index in [2.05, 4.69) is 21.9 Å². The zero-order chi connectivity index (χ0) is 13.9. The first kappa shape index (κ1) is 12.9. The smallest absolute Gasteiger partial charge is 0.163 e. The fraction of sp³-hybridized carbons (Fsp3) is 0.375. The van der Waals surface area contributed by atoms with Crippen molar-refractivity contribution in [3.8, 4) is 11.4 Å². The van der Waals surface area contributed by atoms with Crippen molar-refractivity contribution in [1.29, 1.82) is 0 Å². The quantitative estimate of drug-likeness (QED) is 0.929. The molecule has 1 aliphatic carbocycles. The highest BCUT2D eigenvalue weighted by Gasteiger charge is 2.21. The summed E-state index contributed by atoms with van der Waals surface area (Å²) in [5, 5.41) is 0. The number of nitrogen functional groups attached to an aromatic ring is 1. The van der Waals surface area contributed by atoms with Crippen molar-refractivity contribution in [2.24, 2.45) is 0 Å². The van der Waals surface area contributed by atoms with Crippen molar-refractivity contribution in [2.45, 2.75) is 31.7 Å². The maximum atomic E-state index is 5.96. The molecule has 1 aromatic heterocycles. The summed E-state index contributed by atoms with van der Waals surface area (Å²) in [6.07, 6.45) is 5.09. The number of anilines is 2. The van der Waals surface area contributed by atoms with Gasteiger partial charge in [-0.2, -0.15) is 0 Å². The number of aromatic nitrogens is 2. The monoisotopic (exact) mass is 268 g/mol. The fourth-order valence-electron chi connectivity index (χ4n) is 2.83. The minimum absolute atomic E-state index is 0.527. The molecule has 4 nitrogen and oxygen atoms in total. The third kappa shape index (κ3) is 2.59. The summed E-state index contributed by atoms with van der Waals surface area (Å²) in [7, 11) is 2.10. The summed E-state index contributed by atoms with van der Waals surface area (Å²) < 4.78 is 0. The normalized spacial score (nSPS) is 15.4. The van der Waals surface area contributed by atoms with Crippen LogP contribution in [0.5, 0.6) is 0 Å². The lowest BCUT2D eigenvalue weighted by atomic mass is 10.2. The highest BCUT2D eigenvalue weighted by atomic mass is 15.2. The molecule has 4 heteroatoms. The van der Waals surface area contributed by atoms with Gasteiger partial charge in [-0.1, -0.05) is 43.2 Å². The highest BCUT2D eigenvalue weighted by Crippen LogP contribution is 2.28. The lowest BCUT2D eigenvalue weighted by Crippen LogP contribution is -2.29. The number of rotatable bonds is 3. The van der Waals surface area contributed by atoms with Gasteiger partial charge in [-0.15, -0.1) is 0 Å². The molecule has 20 heavy (non-hydrogen) atoms. The summed E-state index contributed by atoms with van der Waals surface area (Å²) in [6.45, 7) is 0. The Morgan fingerprint density at radius 1 is 1.10 bits per heavy atom. The predicted octanol–water partition coefficient (Wildman–Crippen LogP) is 3.10. The van der Waals surface area contributed by atoms with Gasteiger partial charge in [-0.25, -0.2) is 9.97 Å². The zero-order valence-electron chi connectivity index (χ0n) is 11.8. The summed E-state index contributed by atoms with van der Waals surface area (Å²) in [5.41, 5.74) is 6.96. The molecule has 104 valence electrons. The molecule has 1 fully saturated rings. The summed E-state index contributed by atoms with van der Waals surface area (Å²) >= 11 is 0. The molecule has 3 rings (SSSR count). The summed E-state index contributed by atoms with van der Waals surface area (Å²) in [4.78, 5) is 11.3. The standard InChI is InChI=1S/C16H20N4/c1-20(13-9-5-6-10-13)15-11-14(17)18-16(19-15)12-7-3-2-4-8-12/h2-4,7-8,11,13H,5-6,9-10H2,1H3,(H2,17,18,19). The molecule has 2 aromatic rings. The van der Waals surface area contributed by atoms with Crippen LogP contribution in [0.15, 0.2) is 36.4 Å². The van der Waals surface area contributed by atoms with Crippen molar-refractivity contribution in [2.75, 3.05) is 17.7 Å². The Labute approximate surface area is 119 Å². The van der Waals surface area contributed by atoms with Crippen LogP contribution in [0.4, 0.5) is 11.6 Å². The van der Waals surface area contributed by atoms with E-state index in [1.54, 1.807) is 0 Å². The van der Waals surface area contributed by atoms with Crippen LogP contribution in [-0.4, -0.2) is 23.1 Å². The first-order valence-electron chi connectivity index (χ1n) is 7.17. The van der Waals surface area contributed by atoms with Gasteiger partial charge < -0.3 is 10.6 Å². The first-order valence-corrected chi connectivity index (χ1v) is 7.17. The topological polar surface area (TPSA) is 55.0 Å². The van der Waals surface area contributed by atoms with Crippen molar-refractivity contribution in [1.82, 2.24) is 9.97 Å². The number of hydrogen-bond donors (Lipinski definition) is 1. The van der Waals surface area contributed by atoms with E-state index in [1.807, 2.05) is 36.4 Å². The molecule has 0 radical (unpaired) electrons. The average Bonchev–Trinajstić information content (AvgIpc) is 3.01. The Balaban J connectivity index is 1.94. The Morgan fingerprint density at radius 3 is 2.50 bits per heavy atom. The van der Waals surface area contributed by atoms with Gasteiger partial charge in [-0.3, -0.25) is 0 Å². The molecule has 0 spiro atoms. The van der Waals surface area contributed by atoms with Crippen LogP contribution in [0.25, 0.3) is 11.4 Å². The van der Waals surface area contributed by atoms with Crippen molar-refractivity contribution < 1.29 is 0 Å². The fourth-order valence-corrected chi connectivity index (χ4v) is 2.83. The van der Waals surface area contributed by atoms with Crippen LogP contribution in [0.2, 0.25) is 0 Å². The zero-order valence-corrected chi connectivity index (χ0v) is 11.8. The van der Waals surface area contributed by atoms with E-state index < -0.39 is 0 Å². The number of nitrogens with two attached hydrogens (primary N) is 1. The van der Waals surface area contributed by atoms with Gasteiger partial charge >= 0.3 is 0 Å². The predicted molar refractivity (Wildman–Crippen MR) is 82.5 cm³/mol. The van der Waals surface area contributed by atoms with Crippen molar-refractivity contribution >= 4 is 11.6 Å². The largest absolute Gasteiger partial charge is 0.384 e. The van der Waals surface area contributed by atoms with E-state index in [9.17, 15) is 0 Å². The lowest BCUT2D eigenvalue weighted by Gasteiger charge is -2.25. The van der Waals surface area contributed by atoms with Crippen molar-refractivity contribution in [3.63, 3.8) is 0 Å². The van der Waals surface area contributed by atoms with Crippen LogP contribution < -0.4 is 10.6 Å². The van der Waals surface area contributed by atoms with E-state index in [0.29, 0.717) is 17.7 Å². The van der Waals surface area contributed by atoms with Crippen molar-refractivity contribution in [3.05, 3.63) is 36.4 Å². The van der Waals surface area contributed by atoms with Crippen LogP contribution in [0, 0.1) is 0 Å². The second-order valence-corrected chi connectivity index (χ2v) is 5.39. The molecule has 1 aliphatic rings. The van der Waals surface area contributed by atoms with E-state index >= 15 is 0 Å². The molecular formula is C16H20N4. The number of benzene rings is 1. The van der Waals surface area contributed by atoms with Gasteiger partial charge in [0, 0.05) is 24.7 Å². The third-order valence-electron chi connectivity index (χ3n) is 4.00. The third-order valence-corrected chi connectivity index (χ3v) is 4.00. The lowest BCUT2D eigenvalue weighted by molar-refractivity contribution is 0.646. The van der Waals surface area contributed by atoms with E-state index in [0.717, 1.165) is 11.4 Å². The maximum Gasteiger partial charge on any atom is 0.163 e. The molecule has 2 N–H and O–H groups in total. The SMILES string of the molecule is CN(c1cc(N)nc(-c2ccccc2)n1)C1CCCC1. The Kier molecular flexibility index (Phi) is 3.54. The van der Waals surface area contributed by atoms with E-state index in [4.69, 9.17) is 5.73 Å². The van der Waals surface area contributed by atoms with E-state index in [1.165, 1.54) is 25.7 Å². The van der Waals surface area contributed by atoms with Gasteiger partial charge in [-0.05, 0) is 12.8 Å². The number of hydrogen-bond acceptors (Lipinski definition) is 4. The first-order chi connectivity index (χ1) is 9.74. The van der Waals surface area contributed by atoms with Crippen LogP contribution in [0.1, 0.15) is 25.7 Å². The van der Waals surface area contributed by atoms with Gasteiger partial charge in [0.15, 0.2) is 5.82 Å². The van der Waals surface area contributed by atoms with Crippen LogP contribution in [0.3, 0.4) is 0 Å². The molecule has 0 atom stereocenters. The molecule has 1 heterocycles.